The second kappa shape index (κ2) is 3.86. The Hall–Kier alpha value is -0.913. The fraction of sp³-hybridized carbons (Fsp3) is 0.857. The van der Waals surface area contributed by atoms with Gasteiger partial charge in [-0.05, 0) is 11.3 Å². The van der Waals surface area contributed by atoms with E-state index >= 15 is 0 Å². The normalized spacial score (nSPS) is 11.7. The highest BCUT2D eigenvalue weighted by atomic mass is 28.3. The maximum absolute atomic E-state index is 5.33. The van der Waals surface area contributed by atoms with E-state index in [-0.39, 0.29) is 0 Å². The molecule has 1 aromatic rings. The zero-order valence-corrected chi connectivity index (χ0v) is 9.61. The summed E-state index contributed by atoms with van der Waals surface area (Å²) in [7, 11) is 0.709. The molecule has 0 fully saturated rings. The van der Waals surface area contributed by atoms with Gasteiger partial charge in [-0.15, -0.1) is 0 Å². The first-order valence-electron chi connectivity index (χ1n) is 4.34. The minimum Gasteiger partial charge on any atom is -0.462 e. The summed E-state index contributed by atoms with van der Waals surface area (Å²) in [5.74, 6) is 0. The lowest BCUT2D eigenvalue weighted by atomic mass is 10.8. The highest BCUT2D eigenvalue weighted by molar-refractivity contribution is 6.76. The van der Waals surface area contributed by atoms with E-state index in [9.17, 15) is 0 Å². The van der Waals surface area contributed by atoms with Gasteiger partial charge < -0.3 is 4.74 Å². The van der Waals surface area contributed by atoms with Crippen LogP contribution in [0.5, 0.6) is 6.01 Å². The second-order valence-corrected chi connectivity index (χ2v) is 9.84. The van der Waals surface area contributed by atoms with Crippen LogP contribution < -0.4 is 4.74 Å². The van der Waals surface area contributed by atoms with Crippen molar-refractivity contribution in [3.05, 3.63) is 0 Å². The van der Waals surface area contributed by atoms with Crippen LogP contribution in [0.4, 0.5) is 0 Å². The smallest absolute Gasteiger partial charge is 0.356 e. The second-order valence-electron chi connectivity index (χ2n) is 4.22. The fourth-order valence-electron chi connectivity index (χ4n) is 0.773. The highest BCUT2D eigenvalue weighted by Gasteiger charge is 2.13. The van der Waals surface area contributed by atoms with Gasteiger partial charge >= 0.3 is 6.01 Å². The van der Waals surface area contributed by atoms with Crippen molar-refractivity contribution >= 4 is 8.07 Å². The number of hydrogen-bond donors (Lipinski definition) is 0. The number of nitrogens with zero attached hydrogens (tertiary/aromatic N) is 4. The zero-order chi connectivity index (χ0) is 9.90. The van der Waals surface area contributed by atoms with Crippen LogP contribution in [0.2, 0.25) is 25.7 Å². The molecule has 1 rings (SSSR count). The molecular weight excluding hydrogens is 184 g/mol. The molecule has 0 radical (unpaired) electrons. The minimum absolute atomic E-state index is 0.376. The molecule has 6 heteroatoms. The van der Waals surface area contributed by atoms with Crippen molar-refractivity contribution in [1.82, 2.24) is 20.2 Å². The third-order valence-electron chi connectivity index (χ3n) is 1.57. The summed E-state index contributed by atoms with van der Waals surface area (Å²) < 4.78 is 5.33. The number of rotatable bonds is 4. The Balaban J connectivity index is 2.28. The molecule has 0 saturated carbocycles. The lowest BCUT2D eigenvalue weighted by Gasteiger charge is -2.14. The number of hydrogen-bond acceptors (Lipinski definition) is 4. The molecule has 74 valence electrons. The minimum atomic E-state index is -1.01. The van der Waals surface area contributed by atoms with E-state index < -0.39 is 8.07 Å². The Morgan fingerprint density at radius 2 is 2.08 bits per heavy atom. The van der Waals surface area contributed by atoms with Gasteiger partial charge in [0.2, 0.25) is 0 Å². The van der Waals surface area contributed by atoms with Crippen LogP contribution in [-0.4, -0.2) is 34.9 Å². The first kappa shape index (κ1) is 10.2. The van der Waals surface area contributed by atoms with Crippen LogP contribution in [0.15, 0.2) is 0 Å². The molecule has 0 aliphatic heterocycles. The fourth-order valence-corrected chi connectivity index (χ4v) is 1.49. The molecule has 0 saturated heterocycles. The molecule has 5 nitrogen and oxygen atoms in total. The molecule has 0 N–H and O–H groups in total. The lowest BCUT2D eigenvalue weighted by molar-refractivity contribution is 0.309. The molecule has 0 atom stereocenters. The van der Waals surface area contributed by atoms with Crippen LogP contribution >= 0.6 is 0 Å². The first-order valence-corrected chi connectivity index (χ1v) is 8.05. The molecule has 0 unspecified atom stereocenters. The maximum atomic E-state index is 5.33. The third kappa shape index (κ3) is 4.02. The van der Waals surface area contributed by atoms with Crippen molar-refractivity contribution in [3.63, 3.8) is 0 Å². The number of aryl methyl sites for hydroxylation is 1. The summed E-state index contributed by atoms with van der Waals surface area (Å²) in [4.78, 5) is 1.39. The molecule has 0 aliphatic carbocycles. The largest absolute Gasteiger partial charge is 0.462 e. The van der Waals surface area contributed by atoms with E-state index in [2.05, 4.69) is 35.1 Å². The topological polar surface area (TPSA) is 52.8 Å². The van der Waals surface area contributed by atoms with Crippen molar-refractivity contribution in [2.75, 3.05) is 6.61 Å². The van der Waals surface area contributed by atoms with Gasteiger partial charge in [0.05, 0.1) is 13.7 Å². The Bertz CT molecular complexity index is 268. The van der Waals surface area contributed by atoms with Crippen LogP contribution in [-0.2, 0) is 7.05 Å². The van der Waals surface area contributed by atoms with E-state index in [0.717, 1.165) is 6.04 Å². The number of ether oxygens (including phenoxy) is 1. The van der Waals surface area contributed by atoms with Crippen LogP contribution in [0.3, 0.4) is 0 Å². The lowest BCUT2D eigenvalue weighted by Crippen LogP contribution is -2.22. The Labute approximate surface area is 79.1 Å². The molecule has 0 aliphatic rings. The van der Waals surface area contributed by atoms with Gasteiger partial charge in [0.15, 0.2) is 0 Å². The van der Waals surface area contributed by atoms with Gasteiger partial charge in [0, 0.05) is 8.07 Å². The van der Waals surface area contributed by atoms with Gasteiger partial charge in [-0.25, -0.2) is 0 Å². The summed E-state index contributed by atoms with van der Waals surface area (Å²) in [6.45, 7) is 7.61. The van der Waals surface area contributed by atoms with Crippen molar-refractivity contribution in [3.8, 4) is 6.01 Å². The van der Waals surface area contributed by atoms with E-state index in [0.29, 0.717) is 12.6 Å². The number of aromatic nitrogens is 4. The van der Waals surface area contributed by atoms with E-state index in [1.165, 1.54) is 4.80 Å². The molecule has 0 aromatic carbocycles. The standard InChI is InChI=1S/C7H16N4OSi/c1-11-9-7(8-10-11)12-5-6-13(2,3)4/h5-6H2,1-4H3. The number of tetrazole rings is 1. The quantitative estimate of drug-likeness (QED) is 0.678. The average molecular weight is 200 g/mol. The molecular formula is C7H16N4OSi. The summed E-state index contributed by atoms with van der Waals surface area (Å²) >= 11 is 0. The van der Waals surface area contributed by atoms with Gasteiger partial charge in [0.1, 0.15) is 0 Å². The highest BCUT2D eigenvalue weighted by Crippen LogP contribution is 2.08. The summed E-state index contributed by atoms with van der Waals surface area (Å²) in [6, 6.07) is 1.49. The van der Waals surface area contributed by atoms with Crippen molar-refractivity contribution < 1.29 is 4.74 Å². The van der Waals surface area contributed by atoms with Gasteiger partial charge in [-0.1, -0.05) is 29.8 Å². The molecule has 0 amide bonds. The summed E-state index contributed by atoms with van der Waals surface area (Å²) in [6.07, 6.45) is 0. The van der Waals surface area contributed by atoms with Gasteiger partial charge in [0.25, 0.3) is 0 Å². The average Bonchev–Trinajstić information content (AvgIpc) is 2.33. The molecule has 13 heavy (non-hydrogen) atoms. The first-order chi connectivity index (χ1) is 5.97. The van der Waals surface area contributed by atoms with Crippen LogP contribution in [0.1, 0.15) is 0 Å². The van der Waals surface area contributed by atoms with E-state index in [1.54, 1.807) is 7.05 Å². The van der Waals surface area contributed by atoms with Crippen LogP contribution in [0.25, 0.3) is 0 Å². The van der Waals surface area contributed by atoms with Gasteiger partial charge in [-0.3, -0.25) is 0 Å². The van der Waals surface area contributed by atoms with E-state index in [1.807, 2.05) is 0 Å². The van der Waals surface area contributed by atoms with Crippen molar-refractivity contribution in [1.29, 1.82) is 0 Å². The Morgan fingerprint density at radius 3 is 2.54 bits per heavy atom. The maximum Gasteiger partial charge on any atom is 0.356 e. The van der Waals surface area contributed by atoms with E-state index in [4.69, 9.17) is 4.74 Å². The Morgan fingerprint density at radius 1 is 1.38 bits per heavy atom. The monoisotopic (exact) mass is 200 g/mol. The summed E-state index contributed by atoms with van der Waals surface area (Å²) in [5.41, 5.74) is 0. The van der Waals surface area contributed by atoms with Crippen LogP contribution in [0, 0.1) is 0 Å². The Kier molecular flexibility index (Phi) is 3.02. The predicted octanol–water partition coefficient (Wildman–Crippen LogP) is 0.927. The molecule has 1 heterocycles. The molecule has 0 spiro atoms. The SMILES string of the molecule is Cn1nnc(OCC[Si](C)(C)C)n1. The molecule has 1 aromatic heterocycles. The van der Waals surface area contributed by atoms with Crippen molar-refractivity contribution in [2.45, 2.75) is 25.7 Å². The summed E-state index contributed by atoms with van der Waals surface area (Å²) in [5, 5.41) is 11.3. The van der Waals surface area contributed by atoms with Gasteiger partial charge in [-0.2, -0.15) is 4.80 Å². The van der Waals surface area contributed by atoms with Crippen molar-refractivity contribution in [2.24, 2.45) is 7.05 Å². The molecule has 0 bridgehead atoms. The zero-order valence-electron chi connectivity index (χ0n) is 8.61. The third-order valence-corrected chi connectivity index (χ3v) is 3.28. The predicted molar refractivity (Wildman–Crippen MR) is 52.4 cm³/mol.